The Labute approximate surface area is 97.7 Å². The topological polar surface area (TPSA) is 37.8 Å². The number of rotatable bonds is 5. The highest BCUT2D eigenvalue weighted by Crippen LogP contribution is 2.40. The molecule has 1 heterocycles. The van der Waals surface area contributed by atoms with Gasteiger partial charge in [0.2, 0.25) is 0 Å². The van der Waals surface area contributed by atoms with Crippen LogP contribution in [-0.2, 0) is 6.54 Å². The van der Waals surface area contributed by atoms with Crippen molar-refractivity contribution in [3.8, 4) is 0 Å². The highest BCUT2D eigenvalue weighted by Gasteiger charge is 2.31. The summed E-state index contributed by atoms with van der Waals surface area (Å²) in [6.45, 7) is 4.35. The molecule has 3 nitrogen and oxygen atoms in total. The molecule has 1 aliphatic rings. The lowest BCUT2D eigenvalue weighted by Gasteiger charge is -2.27. The third-order valence-corrected chi connectivity index (χ3v) is 3.86. The van der Waals surface area contributed by atoms with E-state index >= 15 is 0 Å². The Hall–Kier alpha value is -0.960. The number of nitrogens with one attached hydrogen (secondary N) is 1. The van der Waals surface area contributed by atoms with Crippen molar-refractivity contribution in [3.63, 3.8) is 0 Å². The van der Waals surface area contributed by atoms with Gasteiger partial charge in [0.25, 0.3) is 0 Å². The van der Waals surface area contributed by atoms with Crippen molar-refractivity contribution >= 4 is 0 Å². The molecule has 1 fully saturated rings. The fourth-order valence-electron chi connectivity index (χ4n) is 2.67. The molecule has 1 aromatic rings. The Balaban J connectivity index is 1.79. The van der Waals surface area contributed by atoms with Crippen molar-refractivity contribution in [2.45, 2.75) is 45.6 Å². The monoisotopic (exact) mass is 219 g/mol. The van der Waals surface area contributed by atoms with Crippen LogP contribution in [0.15, 0.2) is 18.7 Å². The number of hydrogen-bond donors (Lipinski definition) is 1. The van der Waals surface area contributed by atoms with E-state index in [-0.39, 0.29) is 0 Å². The largest absolute Gasteiger partial charge is 0.312 e. The van der Waals surface area contributed by atoms with Gasteiger partial charge in [-0.05, 0) is 24.7 Å². The van der Waals surface area contributed by atoms with E-state index in [0.717, 1.165) is 13.1 Å². The summed E-state index contributed by atoms with van der Waals surface area (Å²) in [4.78, 5) is 8.04. The van der Waals surface area contributed by atoms with Crippen LogP contribution in [0.3, 0.4) is 0 Å². The maximum Gasteiger partial charge on any atom is 0.115 e. The van der Waals surface area contributed by atoms with E-state index in [9.17, 15) is 0 Å². The molecule has 88 valence electrons. The van der Waals surface area contributed by atoms with Gasteiger partial charge in [-0.2, -0.15) is 0 Å². The molecule has 0 unspecified atom stereocenters. The Morgan fingerprint density at radius 2 is 1.94 bits per heavy atom. The lowest BCUT2D eigenvalue weighted by Crippen LogP contribution is -2.31. The smallest absolute Gasteiger partial charge is 0.115 e. The molecular weight excluding hydrogens is 198 g/mol. The molecule has 3 heteroatoms. The molecule has 0 radical (unpaired) electrons. The first kappa shape index (κ1) is 11.5. The average Bonchev–Trinajstić information content (AvgIpc) is 2.80. The fraction of sp³-hybridized carbons (Fsp3) is 0.692. The first-order valence-corrected chi connectivity index (χ1v) is 6.29. The molecule has 1 saturated carbocycles. The van der Waals surface area contributed by atoms with Crippen molar-refractivity contribution in [1.29, 1.82) is 0 Å². The van der Waals surface area contributed by atoms with E-state index in [0.29, 0.717) is 5.41 Å². The van der Waals surface area contributed by atoms with Crippen LogP contribution in [0, 0.1) is 5.41 Å². The van der Waals surface area contributed by atoms with Gasteiger partial charge in [-0.3, -0.25) is 0 Å². The molecule has 16 heavy (non-hydrogen) atoms. The summed E-state index contributed by atoms with van der Waals surface area (Å²) in [7, 11) is 0. The predicted octanol–water partition coefficient (Wildman–Crippen LogP) is 2.54. The van der Waals surface area contributed by atoms with Crippen LogP contribution >= 0.6 is 0 Å². The van der Waals surface area contributed by atoms with Crippen molar-refractivity contribution in [3.05, 3.63) is 24.3 Å². The molecule has 0 aromatic carbocycles. The van der Waals surface area contributed by atoms with Crippen LogP contribution in [0.1, 0.15) is 44.6 Å². The van der Waals surface area contributed by atoms with Crippen LogP contribution in [0.5, 0.6) is 0 Å². The first-order valence-electron chi connectivity index (χ1n) is 6.29. The van der Waals surface area contributed by atoms with Gasteiger partial charge < -0.3 is 5.32 Å². The van der Waals surface area contributed by atoms with Crippen molar-refractivity contribution < 1.29 is 0 Å². The number of aromatic nitrogens is 2. The van der Waals surface area contributed by atoms with E-state index in [1.54, 1.807) is 6.33 Å². The van der Waals surface area contributed by atoms with Crippen molar-refractivity contribution in [2.24, 2.45) is 5.41 Å². The lowest BCUT2D eigenvalue weighted by molar-refractivity contribution is 0.268. The fourth-order valence-corrected chi connectivity index (χ4v) is 2.67. The van der Waals surface area contributed by atoms with E-state index in [2.05, 4.69) is 22.2 Å². The molecule has 0 amide bonds. The summed E-state index contributed by atoms with van der Waals surface area (Å²) >= 11 is 0. The Morgan fingerprint density at radius 3 is 2.56 bits per heavy atom. The minimum atomic E-state index is 0.565. The molecule has 1 aliphatic carbocycles. The molecule has 0 saturated heterocycles. The maximum atomic E-state index is 4.02. The predicted molar refractivity (Wildman–Crippen MR) is 64.9 cm³/mol. The Bertz CT molecular complexity index is 304. The summed E-state index contributed by atoms with van der Waals surface area (Å²) in [6, 6.07) is 0. The van der Waals surface area contributed by atoms with Crippen LogP contribution in [0.2, 0.25) is 0 Å². The molecule has 1 aromatic heterocycles. The average molecular weight is 219 g/mol. The maximum absolute atomic E-state index is 4.02. The van der Waals surface area contributed by atoms with Gasteiger partial charge in [0.15, 0.2) is 0 Å². The van der Waals surface area contributed by atoms with Crippen molar-refractivity contribution in [2.75, 3.05) is 6.54 Å². The normalized spacial score (nSPS) is 18.8. The van der Waals surface area contributed by atoms with Gasteiger partial charge in [0, 0.05) is 31.0 Å². The van der Waals surface area contributed by atoms with E-state index in [1.807, 2.05) is 12.4 Å². The van der Waals surface area contributed by atoms with Crippen molar-refractivity contribution in [1.82, 2.24) is 15.3 Å². The second-order valence-corrected chi connectivity index (χ2v) is 4.91. The summed E-state index contributed by atoms with van der Waals surface area (Å²) in [5, 5.41) is 3.56. The zero-order valence-corrected chi connectivity index (χ0v) is 10.1. The minimum absolute atomic E-state index is 0.565. The van der Waals surface area contributed by atoms with Crippen LogP contribution in [0.25, 0.3) is 0 Å². The SMILES string of the molecule is CCC1(CNCc2cncnc2)CCCC1. The third-order valence-electron chi connectivity index (χ3n) is 3.86. The summed E-state index contributed by atoms with van der Waals surface area (Å²) < 4.78 is 0. The van der Waals surface area contributed by atoms with Crippen LogP contribution < -0.4 is 5.32 Å². The van der Waals surface area contributed by atoms with Crippen LogP contribution in [0.4, 0.5) is 0 Å². The molecule has 0 aliphatic heterocycles. The zero-order chi connectivity index (χ0) is 11.3. The number of hydrogen-bond acceptors (Lipinski definition) is 3. The molecular formula is C13H21N3. The van der Waals surface area contributed by atoms with Crippen LogP contribution in [-0.4, -0.2) is 16.5 Å². The van der Waals surface area contributed by atoms with Gasteiger partial charge in [0.05, 0.1) is 0 Å². The molecule has 2 rings (SSSR count). The second-order valence-electron chi connectivity index (χ2n) is 4.91. The van der Waals surface area contributed by atoms with Gasteiger partial charge in [0.1, 0.15) is 6.33 Å². The Morgan fingerprint density at radius 1 is 1.25 bits per heavy atom. The molecule has 0 bridgehead atoms. The highest BCUT2D eigenvalue weighted by molar-refractivity contribution is 5.01. The summed E-state index contributed by atoms with van der Waals surface area (Å²) in [5.74, 6) is 0. The summed E-state index contributed by atoms with van der Waals surface area (Å²) in [6.07, 6.45) is 12.2. The zero-order valence-electron chi connectivity index (χ0n) is 10.1. The lowest BCUT2D eigenvalue weighted by atomic mass is 9.83. The third kappa shape index (κ3) is 2.79. The van der Waals surface area contributed by atoms with Gasteiger partial charge >= 0.3 is 0 Å². The number of nitrogens with zero attached hydrogens (tertiary/aromatic N) is 2. The van der Waals surface area contributed by atoms with Gasteiger partial charge in [-0.25, -0.2) is 9.97 Å². The van der Waals surface area contributed by atoms with E-state index in [1.165, 1.54) is 37.7 Å². The molecule has 0 spiro atoms. The van der Waals surface area contributed by atoms with E-state index in [4.69, 9.17) is 0 Å². The molecule has 0 atom stereocenters. The van der Waals surface area contributed by atoms with Gasteiger partial charge in [-0.15, -0.1) is 0 Å². The van der Waals surface area contributed by atoms with E-state index < -0.39 is 0 Å². The minimum Gasteiger partial charge on any atom is -0.312 e. The standard InChI is InChI=1S/C13H21N3/c1-2-13(5-3-4-6-13)10-14-7-12-8-15-11-16-9-12/h8-9,11,14H,2-7,10H2,1H3. The molecule has 1 N–H and O–H groups in total. The van der Waals surface area contributed by atoms with Gasteiger partial charge in [-0.1, -0.05) is 19.8 Å². The quantitative estimate of drug-likeness (QED) is 0.827. The summed E-state index contributed by atoms with van der Waals surface area (Å²) in [5.41, 5.74) is 1.74. The highest BCUT2D eigenvalue weighted by atomic mass is 14.9. The second kappa shape index (κ2) is 5.39. The first-order chi connectivity index (χ1) is 7.85. The Kier molecular flexibility index (Phi) is 3.88.